The summed E-state index contributed by atoms with van der Waals surface area (Å²) >= 11 is 0. The zero-order chi connectivity index (χ0) is 15.4. The number of likely N-dealkylation sites (N-methyl/N-ethyl adjacent to an activating group) is 1. The van der Waals surface area contributed by atoms with Crippen LogP contribution in [0, 0.1) is 23.3 Å². The molecule has 5 heteroatoms. The molecule has 1 atom stereocenters. The van der Waals surface area contributed by atoms with Crippen molar-refractivity contribution in [1.29, 1.82) is 0 Å². The predicted molar refractivity (Wildman–Crippen MR) is 72.8 cm³/mol. The largest absolute Gasteiger partial charge is 0.310 e. The Bertz CT molecular complexity index is 607. The first-order valence-corrected chi connectivity index (χ1v) is 6.64. The van der Waals surface area contributed by atoms with Crippen LogP contribution in [0.4, 0.5) is 17.6 Å². The van der Waals surface area contributed by atoms with Crippen molar-refractivity contribution in [1.82, 2.24) is 5.32 Å². The maximum absolute atomic E-state index is 13.7. The number of halogens is 4. The molecule has 2 rings (SSSR count). The summed E-state index contributed by atoms with van der Waals surface area (Å²) in [7, 11) is 0. The molecule has 0 spiro atoms. The van der Waals surface area contributed by atoms with Gasteiger partial charge in [-0.05, 0) is 42.8 Å². The van der Waals surface area contributed by atoms with E-state index in [1.807, 2.05) is 6.92 Å². The second kappa shape index (κ2) is 6.72. The summed E-state index contributed by atoms with van der Waals surface area (Å²) in [4.78, 5) is 0. The van der Waals surface area contributed by atoms with E-state index < -0.39 is 29.3 Å². The Morgan fingerprint density at radius 2 is 1.57 bits per heavy atom. The Morgan fingerprint density at radius 1 is 0.905 bits per heavy atom. The minimum atomic E-state index is -0.982. The van der Waals surface area contributed by atoms with Crippen molar-refractivity contribution in [2.24, 2.45) is 0 Å². The van der Waals surface area contributed by atoms with Crippen molar-refractivity contribution in [3.8, 4) is 0 Å². The summed E-state index contributed by atoms with van der Waals surface area (Å²) in [6, 6.07) is 6.59. The summed E-state index contributed by atoms with van der Waals surface area (Å²) in [6.45, 7) is 2.35. The van der Waals surface area contributed by atoms with Gasteiger partial charge in [0.05, 0.1) is 0 Å². The van der Waals surface area contributed by atoms with E-state index in [9.17, 15) is 17.6 Å². The molecule has 2 aromatic carbocycles. The number of hydrogen-bond donors (Lipinski definition) is 1. The van der Waals surface area contributed by atoms with Gasteiger partial charge >= 0.3 is 0 Å². The van der Waals surface area contributed by atoms with Crippen LogP contribution in [-0.2, 0) is 6.42 Å². The molecule has 1 nitrogen and oxygen atoms in total. The molecule has 0 radical (unpaired) electrons. The van der Waals surface area contributed by atoms with Crippen molar-refractivity contribution in [3.05, 3.63) is 70.8 Å². The summed E-state index contributed by atoms with van der Waals surface area (Å²) in [6.07, 6.45) is 0.0113. The number of hydrogen-bond acceptors (Lipinski definition) is 1. The maximum Gasteiger partial charge on any atom is 0.159 e. The van der Waals surface area contributed by atoms with Crippen molar-refractivity contribution in [2.45, 2.75) is 19.4 Å². The van der Waals surface area contributed by atoms with Gasteiger partial charge in [0.2, 0.25) is 0 Å². The highest BCUT2D eigenvalue weighted by Crippen LogP contribution is 2.23. The lowest BCUT2D eigenvalue weighted by Crippen LogP contribution is -2.24. The van der Waals surface area contributed by atoms with Crippen LogP contribution in [-0.4, -0.2) is 6.54 Å². The zero-order valence-corrected chi connectivity index (χ0v) is 11.5. The van der Waals surface area contributed by atoms with E-state index >= 15 is 0 Å². The summed E-state index contributed by atoms with van der Waals surface area (Å²) < 4.78 is 53.7. The van der Waals surface area contributed by atoms with Crippen molar-refractivity contribution < 1.29 is 17.6 Å². The minimum absolute atomic E-state index is 0.0113. The first kappa shape index (κ1) is 15.5. The molecule has 1 unspecified atom stereocenters. The van der Waals surface area contributed by atoms with Crippen LogP contribution in [0.1, 0.15) is 24.1 Å². The Kier molecular flexibility index (Phi) is 4.96. The minimum Gasteiger partial charge on any atom is -0.310 e. The first-order valence-electron chi connectivity index (χ1n) is 6.64. The first-order chi connectivity index (χ1) is 10.0. The fourth-order valence-corrected chi connectivity index (χ4v) is 2.21. The van der Waals surface area contributed by atoms with Gasteiger partial charge in [-0.2, -0.15) is 0 Å². The van der Waals surface area contributed by atoms with E-state index in [0.717, 1.165) is 12.1 Å². The predicted octanol–water partition coefficient (Wildman–Crippen LogP) is 4.14. The molecular formula is C16H15F4N. The smallest absolute Gasteiger partial charge is 0.159 e. The molecule has 0 fully saturated rings. The topological polar surface area (TPSA) is 12.0 Å². The van der Waals surface area contributed by atoms with E-state index in [0.29, 0.717) is 12.1 Å². The lowest BCUT2D eigenvalue weighted by Gasteiger charge is -2.19. The highest BCUT2D eigenvalue weighted by atomic mass is 19.2. The average molecular weight is 297 g/mol. The average Bonchev–Trinajstić information content (AvgIpc) is 2.45. The monoisotopic (exact) mass is 297 g/mol. The number of benzene rings is 2. The zero-order valence-electron chi connectivity index (χ0n) is 11.5. The van der Waals surface area contributed by atoms with Crippen LogP contribution in [0.5, 0.6) is 0 Å². The van der Waals surface area contributed by atoms with Gasteiger partial charge in [0.25, 0.3) is 0 Å². The molecule has 0 aliphatic rings. The second-order valence-electron chi connectivity index (χ2n) is 4.69. The summed E-state index contributed by atoms with van der Waals surface area (Å²) in [5, 5.41) is 3.03. The van der Waals surface area contributed by atoms with Crippen molar-refractivity contribution in [3.63, 3.8) is 0 Å². The highest BCUT2D eigenvalue weighted by Gasteiger charge is 2.18. The molecule has 0 saturated carbocycles. The maximum atomic E-state index is 13.7. The van der Waals surface area contributed by atoms with Crippen LogP contribution in [0.15, 0.2) is 36.4 Å². The number of rotatable bonds is 5. The molecule has 0 aromatic heterocycles. The molecule has 0 aliphatic heterocycles. The van der Waals surface area contributed by atoms with Gasteiger partial charge in [-0.25, -0.2) is 17.6 Å². The van der Waals surface area contributed by atoms with E-state index in [-0.39, 0.29) is 12.0 Å². The third kappa shape index (κ3) is 3.61. The third-order valence-electron chi connectivity index (χ3n) is 3.27. The van der Waals surface area contributed by atoms with Gasteiger partial charge < -0.3 is 5.32 Å². The summed E-state index contributed by atoms with van der Waals surface area (Å²) in [5.41, 5.74) is 0.367. The Labute approximate surface area is 120 Å². The van der Waals surface area contributed by atoms with Crippen LogP contribution < -0.4 is 5.32 Å². The third-order valence-corrected chi connectivity index (χ3v) is 3.27. The van der Waals surface area contributed by atoms with Gasteiger partial charge in [-0.15, -0.1) is 0 Å². The quantitative estimate of drug-likeness (QED) is 0.818. The lowest BCUT2D eigenvalue weighted by atomic mass is 9.98. The molecule has 21 heavy (non-hydrogen) atoms. The fraction of sp³-hybridized carbons (Fsp3) is 0.250. The second-order valence-corrected chi connectivity index (χ2v) is 4.69. The normalized spacial score (nSPS) is 12.4. The summed E-state index contributed by atoms with van der Waals surface area (Å²) in [5.74, 6) is -3.24. The molecule has 0 saturated heterocycles. The lowest BCUT2D eigenvalue weighted by molar-refractivity contribution is 0.484. The highest BCUT2D eigenvalue weighted by molar-refractivity contribution is 5.26. The standard InChI is InChI=1S/C16H15F4N/c1-2-21-16(10-6-7-14(19)15(20)8-10)9-11-12(17)4-3-5-13(11)18/h3-8,16,21H,2,9H2,1H3. The fourth-order valence-electron chi connectivity index (χ4n) is 2.21. The van der Waals surface area contributed by atoms with E-state index in [1.165, 1.54) is 24.3 Å². The molecule has 112 valence electrons. The van der Waals surface area contributed by atoms with Crippen LogP contribution in [0.3, 0.4) is 0 Å². The Balaban J connectivity index is 2.33. The van der Waals surface area contributed by atoms with E-state index in [1.54, 1.807) is 0 Å². The molecule has 2 aromatic rings. The van der Waals surface area contributed by atoms with E-state index in [4.69, 9.17) is 0 Å². The molecule has 0 amide bonds. The van der Waals surface area contributed by atoms with E-state index in [2.05, 4.69) is 5.32 Å². The molecular weight excluding hydrogens is 282 g/mol. The van der Waals surface area contributed by atoms with Gasteiger partial charge in [0.15, 0.2) is 11.6 Å². The molecule has 0 aliphatic carbocycles. The van der Waals surface area contributed by atoms with Crippen molar-refractivity contribution >= 4 is 0 Å². The SMILES string of the molecule is CCNC(Cc1c(F)cccc1F)c1ccc(F)c(F)c1. The Hall–Kier alpha value is -1.88. The van der Waals surface area contributed by atoms with Gasteiger partial charge in [-0.3, -0.25) is 0 Å². The van der Waals surface area contributed by atoms with Gasteiger partial charge in [0.1, 0.15) is 11.6 Å². The van der Waals surface area contributed by atoms with Crippen molar-refractivity contribution in [2.75, 3.05) is 6.54 Å². The molecule has 0 bridgehead atoms. The van der Waals surface area contributed by atoms with Gasteiger partial charge in [-0.1, -0.05) is 19.1 Å². The number of nitrogens with one attached hydrogen (secondary N) is 1. The van der Waals surface area contributed by atoms with Crippen LogP contribution in [0.2, 0.25) is 0 Å². The Morgan fingerprint density at radius 3 is 2.14 bits per heavy atom. The molecule has 0 heterocycles. The molecule has 1 N–H and O–H groups in total. The van der Waals surface area contributed by atoms with Gasteiger partial charge in [0, 0.05) is 11.6 Å². The van der Waals surface area contributed by atoms with Crippen LogP contribution >= 0.6 is 0 Å². The van der Waals surface area contributed by atoms with Crippen LogP contribution in [0.25, 0.3) is 0 Å².